The van der Waals surface area contributed by atoms with Crippen LogP contribution in [0.25, 0.3) is 98.2 Å². The number of hydrogen-bond acceptors (Lipinski definition) is 4. The zero-order chi connectivity index (χ0) is 35.1. The Morgan fingerprint density at radius 1 is 0.340 bits per heavy atom. The minimum atomic E-state index is 0.690. The molecule has 3 heterocycles. The van der Waals surface area contributed by atoms with Gasteiger partial charge in [0.25, 0.3) is 0 Å². The highest BCUT2D eigenvalue weighted by Gasteiger charge is 2.16. The van der Waals surface area contributed by atoms with Crippen LogP contribution in [-0.4, -0.2) is 15.0 Å². The highest BCUT2D eigenvalue weighted by molar-refractivity contribution is 7.25. The first-order chi connectivity index (χ1) is 26.2. The van der Waals surface area contributed by atoms with Gasteiger partial charge in [0.05, 0.1) is 11.4 Å². The summed E-state index contributed by atoms with van der Waals surface area (Å²) in [5.41, 5.74) is 11.7. The van der Waals surface area contributed by atoms with Crippen LogP contribution in [0.2, 0.25) is 0 Å². The van der Waals surface area contributed by atoms with Crippen LogP contribution in [0, 0.1) is 0 Å². The molecule has 248 valence electrons. The molecule has 0 N–H and O–H groups in total. The fraction of sp³-hybridized carbons (Fsp3) is 0. The maximum Gasteiger partial charge on any atom is 0.160 e. The van der Waals surface area contributed by atoms with Gasteiger partial charge in [-0.3, -0.25) is 4.98 Å². The van der Waals surface area contributed by atoms with E-state index in [1.54, 1.807) is 0 Å². The van der Waals surface area contributed by atoms with Gasteiger partial charge in [-0.15, -0.1) is 11.3 Å². The van der Waals surface area contributed by atoms with E-state index in [1.807, 2.05) is 54.1 Å². The van der Waals surface area contributed by atoms with E-state index >= 15 is 0 Å². The molecule has 7 aromatic carbocycles. The van der Waals surface area contributed by atoms with Gasteiger partial charge in [-0.1, -0.05) is 115 Å². The number of pyridine rings is 1. The molecule has 0 unspecified atom stereocenters. The Bertz CT molecular complexity index is 2940. The van der Waals surface area contributed by atoms with Crippen LogP contribution in [0.4, 0.5) is 0 Å². The predicted octanol–water partition coefficient (Wildman–Crippen LogP) is 13.4. The summed E-state index contributed by atoms with van der Waals surface area (Å²) in [6.45, 7) is 0. The molecule has 0 aliphatic carbocycles. The average molecular weight is 694 g/mol. The summed E-state index contributed by atoms with van der Waals surface area (Å²) in [6.07, 6.45) is 3.66. The molecule has 3 aromatic heterocycles. The fourth-order valence-electron chi connectivity index (χ4n) is 7.34. The quantitative estimate of drug-likeness (QED) is 0.174. The van der Waals surface area contributed by atoms with Crippen molar-refractivity contribution in [2.24, 2.45) is 0 Å². The Morgan fingerprint density at radius 2 is 0.962 bits per heavy atom. The minimum absolute atomic E-state index is 0.690. The second kappa shape index (κ2) is 13.1. The van der Waals surface area contributed by atoms with Gasteiger partial charge in [0.1, 0.15) is 0 Å². The number of hydrogen-bond donors (Lipinski definition) is 0. The molecule has 53 heavy (non-hydrogen) atoms. The Balaban J connectivity index is 1.20. The molecule has 0 saturated heterocycles. The van der Waals surface area contributed by atoms with Crippen LogP contribution in [-0.2, 0) is 0 Å². The summed E-state index contributed by atoms with van der Waals surface area (Å²) in [5.74, 6) is 0.690. The van der Waals surface area contributed by atoms with E-state index < -0.39 is 0 Å². The predicted molar refractivity (Wildman–Crippen MR) is 223 cm³/mol. The lowest BCUT2D eigenvalue weighted by atomic mass is 9.91. The molecule has 4 heteroatoms. The second-order valence-electron chi connectivity index (χ2n) is 13.3. The molecule has 10 aromatic rings. The molecular weight excluding hydrogens is 663 g/mol. The van der Waals surface area contributed by atoms with Gasteiger partial charge in [-0.2, -0.15) is 0 Å². The second-order valence-corrected chi connectivity index (χ2v) is 14.4. The maximum atomic E-state index is 5.28. The van der Waals surface area contributed by atoms with E-state index in [-0.39, 0.29) is 0 Å². The summed E-state index contributed by atoms with van der Waals surface area (Å²) < 4.78 is 2.60. The van der Waals surface area contributed by atoms with E-state index in [2.05, 4.69) is 151 Å². The molecule has 0 fully saturated rings. The van der Waals surface area contributed by atoms with Gasteiger partial charge in [0.15, 0.2) is 5.82 Å². The number of benzene rings is 7. The van der Waals surface area contributed by atoms with Crippen LogP contribution in [0.3, 0.4) is 0 Å². The molecule has 0 radical (unpaired) electrons. The minimum Gasteiger partial charge on any atom is -0.265 e. The maximum absolute atomic E-state index is 5.28. The fourth-order valence-corrected chi connectivity index (χ4v) is 8.43. The van der Waals surface area contributed by atoms with Gasteiger partial charge < -0.3 is 0 Å². The van der Waals surface area contributed by atoms with Crippen LogP contribution in [0.15, 0.2) is 188 Å². The molecule has 0 atom stereocenters. The van der Waals surface area contributed by atoms with Crippen LogP contribution in [0.1, 0.15) is 0 Å². The average Bonchev–Trinajstić information content (AvgIpc) is 3.62. The Hall–Kier alpha value is -6.75. The topological polar surface area (TPSA) is 38.7 Å². The number of thiophene rings is 1. The molecular formula is C49H31N3S. The summed E-state index contributed by atoms with van der Waals surface area (Å²) in [7, 11) is 0. The van der Waals surface area contributed by atoms with Crippen molar-refractivity contribution in [2.45, 2.75) is 0 Å². The molecule has 0 amide bonds. The number of fused-ring (bicyclic) bond motifs is 4. The van der Waals surface area contributed by atoms with Gasteiger partial charge in [0.2, 0.25) is 0 Å². The van der Waals surface area contributed by atoms with Crippen molar-refractivity contribution in [3.8, 4) is 67.3 Å². The van der Waals surface area contributed by atoms with Crippen molar-refractivity contribution >= 4 is 42.3 Å². The highest BCUT2D eigenvalue weighted by atomic mass is 32.1. The lowest BCUT2D eigenvalue weighted by molar-refractivity contribution is 1.18. The van der Waals surface area contributed by atoms with Crippen molar-refractivity contribution in [1.82, 2.24) is 15.0 Å². The molecule has 0 aliphatic heterocycles. The molecule has 0 bridgehead atoms. The molecule has 0 saturated carbocycles. The highest BCUT2D eigenvalue weighted by Crippen LogP contribution is 2.40. The normalized spacial score (nSPS) is 11.4. The number of aromatic nitrogens is 3. The van der Waals surface area contributed by atoms with Gasteiger partial charge in [-0.25, -0.2) is 9.97 Å². The summed E-state index contributed by atoms with van der Waals surface area (Å²) in [5, 5.41) is 5.01. The zero-order valence-corrected chi connectivity index (χ0v) is 29.5. The third kappa shape index (κ3) is 5.85. The molecule has 3 nitrogen and oxygen atoms in total. The monoisotopic (exact) mass is 693 g/mol. The molecule has 10 rings (SSSR count). The van der Waals surface area contributed by atoms with E-state index in [0.717, 1.165) is 50.3 Å². The summed E-state index contributed by atoms with van der Waals surface area (Å²) in [6, 6.07) is 62.7. The van der Waals surface area contributed by atoms with Crippen molar-refractivity contribution in [3.63, 3.8) is 0 Å². The standard InChI is InChI=1S/C49H31N3S/c1-2-11-34(12-3-1)49-51-45(37-15-8-14-35(26-37)32-22-24-50-25-23-32)31-46(52-49)40-28-38(27-39(29-40)42-18-9-13-33-10-4-5-16-41(33)42)36-20-21-48-44(30-36)43-17-6-7-19-47(43)53-48/h1-31H. The van der Waals surface area contributed by atoms with Gasteiger partial charge in [0, 0.05) is 49.3 Å². The largest absolute Gasteiger partial charge is 0.265 e. The number of nitrogens with zero attached hydrogens (tertiary/aromatic N) is 3. The van der Waals surface area contributed by atoms with E-state index in [0.29, 0.717) is 5.82 Å². The van der Waals surface area contributed by atoms with Crippen molar-refractivity contribution in [3.05, 3.63) is 188 Å². The summed E-state index contributed by atoms with van der Waals surface area (Å²) in [4.78, 5) is 14.7. The van der Waals surface area contributed by atoms with Gasteiger partial charge >= 0.3 is 0 Å². The van der Waals surface area contributed by atoms with E-state index in [4.69, 9.17) is 9.97 Å². The third-order valence-electron chi connectivity index (χ3n) is 9.97. The van der Waals surface area contributed by atoms with Crippen LogP contribution in [0.5, 0.6) is 0 Å². The summed E-state index contributed by atoms with van der Waals surface area (Å²) >= 11 is 1.85. The van der Waals surface area contributed by atoms with Crippen LogP contribution < -0.4 is 0 Å². The lowest BCUT2D eigenvalue weighted by Gasteiger charge is -2.15. The first-order valence-electron chi connectivity index (χ1n) is 17.7. The Kier molecular flexibility index (Phi) is 7.67. The Labute approximate surface area is 311 Å². The molecule has 0 spiro atoms. The van der Waals surface area contributed by atoms with E-state index in [9.17, 15) is 0 Å². The van der Waals surface area contributed by atoms with Crippen molar-refractivity contribution in [2.75, 3.05) is 0 Å². The smallest absolute Gasteiger partial charge is 0.160 e. The van der Waals surface area contributed by atoms with E-state index in [1.165, 1.54) is 42.1 Å². The first-order valence-corrected chi connectivity index (χ1v) is 18.6. The Morgan fingerprint density at radius 3 is 1.85 bits per heavy atom. The van der Waals surface area contributed by atoms with Crippen LogP contribution >= 0.6 is 11.3 Å². The lowest BCUT2D eigenvalue weighted by Crippen LogP contribution is -1.97. The zero-order valence-electron chi connectivity index (χ0n) is 28.6. The molecule has 0 aliphatic rings. The van der Waals surface area contributed by atoms with Gasteiger partial charge in [-0.05, 0) is 105 Å². The van der Waals surface area contributed by atoms with Crippen molar-refractivity contribution < 1.29 is 0 Å². The third-order valence-corrected chi connectivity index (χ3v) is 11.1. The first kappa shape index (κ1) is 31.0. The number of rotatable bonds is 6. The van der Waals surface area contributed by atoms with Crippen molar-refractivity contribution in [1.29, 1.82) is 0 Å². The SMILES string of the molecule is c1ccc(-c2nc(-c3cccc(-c4ccncc4)c3)cc(-c3cc(-c4ccc5sc6ccccc6c5c4)cc(-c4cccc5ccccc45)c3)n2)cc1.